The third-order valence-electron chi connectivity index (χ3n) is 2.29. The molecule has 0 saturated heterocycles. The van der Waals surface area contributed by atoms with Crippen molar-refractivity contribution in [2.75, 3.05) is 17.3 Å². The summed E-state index contributed by atoms with van der Waals surface area (Å²) in [4.78, 5) is 11.1. The molecule has 0 aliphatic rings. The molecule has 0 aromatic heterocycles. The van der Waals surface area contributed by atoms with Gasteiger partial charge in [0.05, 0.1) is 5.56 Å². The molecular formula is C12H17NO3S. The highest BCUT2D eigenvalue weighted by molar-refractivity contribution is 7.84. The first-order valence-corrected chi connectivity index (χ1v) is 7.03. The van der Waals surface area contributed by atoms with Crippen molar-refractivity contribution >= 4 is 22.5 Å². The lowest BCUT2D eigenvalue weighted by Crippen LogP contribution is -2.23. The smallest absolute Gasteiger partial charge is 0.337 e. The molecule has 1 aromatic rings. The van der Waals surface area contributed by atoms with Gasteiger partial charge in [0.2, 0.25) is 0 Å². The van der Waals surface area contributed by atoms with Gasteiger partial charge in [0.25, 0.3) is 0 Å². The minimum Gasteiger partial charge on any atom is -0.478 e. The summed E-state index contributed by atoms with van der Waals surface area (Å²) in [7, 11) is -0.901. The highest BCUT2D eigenvalue weighted by Gasteiger charge is 2.12. The maximum absolute atomic E-state index is 11.1. The van der Waals surface area contributed by atoms with E-state index in [0.717, 1.165) is 5.56 Å². The van der Waals surface area contributed by atoms with Gasteiger partial charge in [0.1, 0.15) is 0 Å². The lowest BCUT2D eigenvalue weighted by molar-refractivity contribution is 0.0698. The molecule has 94 valence electrons. The summed E-state index contributed by atoms with van der Waals surface area (Å²) in [6.07, 6.45) is 1.63. The van der Waals surface area contributed by atoms with Crippen LogP contribution in [0.15, 0.2) is 18.2 Å². The molecule has 0 radical (unpaired) electrons. The molecule has 17 heavy (non-hydrogen) atoms. The number of hydrogen-bond donors (Lipinski definition) is 2. The van der Waals surface area contributed by atoms with Gasteiger partial charge in [-0.2, -0.15) is 0 Å². The Hall–Kier alpha value is -1.36. The minimum absolute atomic E-state index is 0.0263. The number of aryl methyl sites for hydroxylation is 1. The van der Waals surface area contributed by atoms with Gasteiger partial charge >= 0.3 is 5.97 Å². The van der Waals surface area contributed by atoms with Gasteiger partial charge in [0, 0.05) is 34.5 Å². The monoisotopic (exact) mass is 255 g/mol. The Balaban J connectivity index is 2.90. The number of aromatic carboxylic acids is 1. The Morgan fingerprint density at radius 2 is 2.18 bits per heavy atom. The topological polar surface area (TPSA) is 66.4 Å². The second-order valence-corrected chi connectivity index (χ2v) is 5.62. The van der Waals surface area contributed by atoms with Gasteiger partial charge in [0.15, 0.2) is 0 Å². The Kier molecular flexibility index (Phi) is 4.69. The molecule has 2 N–H and O–H groups in total. The fourth-order valence-corrected chi connectivity index (χ4v) is 2.41. The van der Waals surface area contributed by atoms with E-state index in [1.165, 1.54) is 0 Å². The van der Waals surface area contributed by atoms with Gasteiger partial charge in [-0.1, -0.05) is 11.6 Å². The summed E-state index contributed by atoms with van der Waals surface area (Å²) < 4.78 is 11.1. The van der Waals surface area contributed by atoms with Gasteiger partial charge in [-0.3, -0.25) is 4.21 Å². The van der Waals surface area contributed by atoms with Crippen LogP contribution in [0.4, 0.5) is 5.69 Å². The molecule has 0 amide bonds. The van der Waals surface area contributed by atoms with E-state index in [2.05, 4.69) is 5.32 Å². The first-order valence-electron chi connectivity index (χ1n) is 5.30. The lowest BCUT2D eigenvalue weighted by Gasteiger charge is -2.16. The summed E-state index contributed by atoms with van der Waals surface area (Å²) in [6.45, 7) is 3.73. The first-order chi connectivity index (χ1) is 7.90. The Morgan fingerprint density at radius 3 is 2.71 bits per heavy atom. The predicted molar refractivity (Wildman–Crippen MR) is 70.2 cm³/mol. The van der Waals surface area contributed by atoms with Gasteiger partial charge in [-0.05, 0) is 26.0 Å². The summed E-state index contributed by atoms with van der Waals surface area (Å²) in [5.41, 5.74) is 1.72. The van der Waals surface area contributed by atoms with Crippen molar-refractivity contribution in [1.82, 2.24) is 0 Å². The quantitative estimate of drug-likeness (QED) is 0.843. The third kappa shape index (κ3) is 4.19. The van der Waals surface area contributed by atoms with Crippen molar-refractivity contribution in [2.45, 2.75) is 19.9 Å². The normalized spacial score (nSPS) is 14.1. The maximum Gasteiger partial charge on any atom is 0.337 e. The second-order valence-electron chi connectivity index (χ2n) is 4.14. The number of rotatable bonds is 5. The molecule has 0 saturated carbocycles. The van der Waals surface area contributed by atoms with E-state index in [4.69, 9.17) is 5.11 Å². The molecule has 0 fully saturated rings. The van der Waals surface area contributed by atoms with Crippen LogP contribution < -0.4 is 5.32 Å². The number of carboxylic acid groups (broad SMARTS) is 1. The molecule has 4 nitrogen and oxygen atoms in total. The number of hydrogen-bond acceptors (Lipinski definition) is 3. The van der Waals surface area contributed by atoms with Crippen molar-refractivity contribution in [2.24, 2.45) is 0 Å². The van der Waals surface area contributed by atoms with E-state index in [1.807, 2.05) is 19.9 Å². The summed E-state index contributed by atoms with van der Waals surface area (Å²) in [5.74, 6) is -0.464. The third-order valence-corrected chi connectivity index (χ3v) is 3.26. The van der Waals surface area contributed by atoms with Crippen LogP contribution >= 0.6 is 0 Å². The zero-order chi connectivity index (χ0) is 13.0. The van der Waals surface area contributed by atoms with E-state index < -0.39 is 16.8 Å². The van der Waals surface area contributed by atoms with E-state index in [0.29, 0.717) is 11.4 Å². The van der Waals surface area contributed by atoms with Crippen LogP contribution in [0.5, 0.6) is 0 Å². The Bertz CT molecular complexity index is 445. The number of anilines is 1. The largest absolute Gasteiger partial charge is 0.478 e. The van der Waals surface area contributed by atoms with Crippen LogP contribution in [0, 0.1) is 6.92 Å². The minimum atomic E-state index is -0.957. The van der Waals surface area contributed by atoms with Crippen LogP contribution in [-0.2, 0) is 10.8 Å². The number of carbonyl (C=O) groups is 1. The molecule has 2 atom stereocenters. The Labute approximate surface area is 104 Å². The fourth-order valence-electron chi connectivity index (χ4n) is 1.62. The molecule has 0 aliphatic carbocycles. The summed E-state index contributed by atoms with van der Waals surface area (Å²) >= 11 is 0. The van der Waals surface area contributed by atoms with E-state index in [9.17, 15) is 9.00 Å². The summed E-state index contributed by atoms with van der Waals surface area (Å²) in [6, 6.07) is 5.19. The van der Waals surface area contributed by atoms with Crippen molar-refractivity contribution in [1.29, 1.82) is 0 Å². The van der Waals surface area contributed by atoms with Crippen LogP contribution in [0.25, 0.3) is 0 Å². The molecule has 2 unspecified atom stereocenters. The van der Waals surface area contributed by atoms with Crippen molar-refractivity contribution in [3.8, 4) is 0 Å². The number of nitrogens with one attached hydrogen (secondary N) is 1. The standard InChI is InChI=1S/C12H17NO3S/c1-8-4-5-11(10(6-8)12(14)15)13-9(2)7-17(3)16/h4-6,9,13H,7H2,1-3H3,(H,14,15). The lowest BCUT2D eigenvalue weighted by atomic mass is 10.1. The molecular weight excluding hydrogens is 238 g/mol. The van der Waals surface area contributed by atoms with Gasteiger partial charge in [-0.25, -0.2) is 4.79 Å². The van der Waals surface area contributed by atoms with Crippen LogP contribution in [0.1, 0.15) is 22.8 Å². The molecule has 1 aromatic carbocycles. The predicted octanol–water partition coefficient (Wildman–Crippen LogP) is 1.87. The molecule has 5 heteroatoms. The molecule has 0 spiro atoms. The van der Waals surface area contributed by atoms with E-state index in [1.54, 1.807) is 18.4 Å². The number of carboxylic acids is 1. The first kappa shape index (κ1) is 13.7. The molecule has 0 aliphatic heterocycles. The average molecular weight is 255 g/mol. The van der Waals surface area contributed by atoms with Crippen molar-refractivity contribution < 1.29 is 14.1 Å². The van der Waals surface area contributed by atoms with Crippen LogP contribution in [0.3, 0.4) is 0 Å². The van der Waals surface area contributed by atoms with Crippen molar-refractivity contribution in [3.05, 3.63) is 29.3 Å². The summed E-state index contributed by atoms with van der Waals surface area (Å²) in [5, 5.41) is 12.2. The van der Waals surface area contributed by atoms with Gasteiger partial charge < -0.3 is 10.4 Å². The number of benzene rings is 1. The highest BCUT2D eigenvalue weighted by atomic mass is 32.2. The Morgan fingerprint density at radius 1 is 1.53 bits per heavy atom. The SMILES string of the molecule is Cc1ccc(NC(C)CS(C)=O)c(C(=O)O)c1. The zero-order valence-corrected chi connectivity index (χ0v) is 11.0. The van der Waals surface area contributed by atoms with E-state index in [-0.39, 0.29) is 11.6 Å². The maximum atomic E-state index is 11.1. The highest BCUT2D eigenvalue weighted by Crippen LogP contribution is 2.18. The van der Waals surface area contributed by atoms with Crippen LogP contribution in [-0.4, -0.2) is 33.3 Å². The van der Waals surface area contributed by atoms with Crippen LogP contribution in [0.2, 0.25) is 0 Å². The zero-order valence-electron chi connectivity index (χ0n) is 10.2. The molecule has 0 heterocycles. The van der Waals surface area contributed by atoms with Crippen molar-refractivity contribution in [3.63, 3.8) is 0 Å². The van der Waals surface area contributed by atoms with E-state index >= 15 is 0 Å². The molecule has 0 bridgehead atoms. The molecule has 1 rings (SSSR count). The average Bonchev–Trinajstić information content (AvgIpc) is 2.19. The fraction of sp³-hybridized carbons (Fsp3) is 0.417. The van der Waals surface area contributed by atoms with Gasteiger partial charge in [-0.15, -0.1) is 0 Å². The second kappa shape index (κ2) is 5.82.